The van der Waals surface area contributed by atoms with Crippen LogP contribution in [0.1, 0.15) is 12.0 Å². The fourth-order valence-electron chi connectivity index (χ4n) is 2.17. The number of benzene rings is 1. The summed E-state index contributed by atoms with van der Waals surface area (Å²) in [5.41, 5.74) is 7.60. The van der Waals surface area contributed by atoms with Gasteiger partial charge in [0.2, 0.25) is 5.91 Å². The van der Waals surface area contributed by atoms with Crippen molar-refractivity contribution in [2.24, 2.45) is 5.73 Å². The predicted octanol–water partition coefficient (Wildman–Crippen LogP) is 0.808. The first-order chi connectivity index (χ1) is 10.2. The van der Waals surface area contributed by atoms with E-state index in [-0.39, 0.29) is 12.3 Å². The van der Waals surface area contributed by atoms with Crippen molar-refractivity contribution >= 4 is 11.6 Å². The van der Waals surface area contributed by atoms with E-state index < -0.39 is 6.04 Å². The maximum atomic E-state index is 11.8. The van der Waals surface area contributed by atoms with Crippen LogP contribution in [0.2, 0.25) is 0 Å². The van der Waals surface area contributed by atoms with Crippen molar-refractivity contribution in [3.63, 3.8) is 0 Å². The van der Waals surface area contributed by atoms with E-state index in [2.05, 4.69) is 16.1 Å². The lowest BCUT2D eigenvalue weighted by Crippen LogP contribution is -2.35. The van der Waals surface area contributed by atoms with Crippen molar-refractivity contribution in [2.45, 2.75) is 19.0 Å². The molecule has 5 nitrogen and oxygen atoms in total. The Hall–Kier alpha value is -1.87. The highest BCUT2D eigenvalue weighted by atomic mass is 16.5. The van der Waals surface area contributed by atoms with Gasteiger partial charge in [-0.25, -0.2) is 0 Å². The van der Waals surface area contributed by atoms with Crippen molar-refractivity contribution in [1.29, 1.82) is 0 Å². The maximum absolute atomic E-state index is 11.8. The lowest BCUT2D eigenvalue weighted by molar-refractivity contribution is -0.117. The zero-order chi connectivity index (χ0) is 15.1. The zero-order valence-corrected chi connectivity index (χ0v) is 12.0. The van der Waals surface area contributed by atoms with Crippen molar-refractivity contribution in [3.8, 4) is 12.3 Å². The summed E-state index contributed by atoms with van der Waals surface area (Å²) in [5, 5.41) is 2.76. The molecule has 1 unspecified atom stereocenters. The number of terminal acetylenes is 1. The minimum absolute atomic E-state index is 0.237. The van der Waals surface area contributed by atoms with Crippen molar-refractivity contribution < 1.29 is 9.53 Å². The Balaban J connectivity index is 1.86. The minimum Gasteiger partial charge on any atom is -0.379 e. The molecule has 1 atom stereocenters. The number of hydrogen-bond acceptors (Lipinski definition) is 4. The summed E-state index contributed by atoms with van der Waals surface area (Å²) in [6, 6.07) is 7.13. The van der Waals surface area contributed by atoms with E-state index in [0.29, 0.717) is 0 Å². The molecule has 0 saturated carbocycles. The van der Waals surface area contributed by atoms with Crippen LogP contribution in [-0.2, 0) is 16.1 Å². The van der Waals surface area contributed by atoms with E-state index in [1.807, 2.05) is 24.3 Å². The van der Waals surface area contributed by atoms with Gasteiger partial charge in [-0.2, -0.15) is 0 Å². The van der Waals surface area contributed by atoms with Crippen LogP contribution >= 0.6 is 0 Å². The summed E-state index contributed by atoms with van der Waals surface area (Å²) in [7, 11) is 0. The second-order valence-corrected chi connectivity index (χ2v) is 5.09. The summed E-state index contributed by atoms with van der Waals surface area (Å²) in [5.74, 6) is 2.13. The van der Waals surface area contributed by atoms with E-state index in [0.717, 1.165) is 38.5 Å². The largest absolute Gasteiger partial charge is 0.379 e. The topological polar surface area (TPSA) is 67.6 Å². The number of nitrogens with one attached hydrogen (secondary N) is 1. The van der Waals surface area contributed by atoms with E-state index >= 15 is 0 Å². The van der Waals surface area contributed by atoms with Crippen LogP contribution < -0.4 is 11.1 Å². The fourth-order valence-corrected chi connectivity index (χ4v) is 2.17. The van der Waals surface area contributed by atoms with E-state index in [9.17, 15) is 4.79 Å². The average molecular weight is 287 g/mol. The normalized spacial score (nSPS) is 17.0. The van der Waals surface area contributed by atoms with Gasteiger partial charge in [0.05, 0.1) is 19.3 Å². The Morgan fingerprint density at radius 1 is 1.38 bits per heavy atom. The van der Waals surface area contributed by atoms with Crippen molar-refractivity contribution in [2.75, 3.05) is 31.6 Å². The molecule has 2 rings (SSSR count). The van der Waals surface area contributed by atoms with Crippen LogP contribution in [0.25, 0.3) is 0 Å². The van der Waals surface area contributed by atoms with Gasteiger partial charge >= 0.3 is 0 Å². The summed E-state index contributed by atoms with van der Waals surface area (Å²) in [6.07, 6.45) is 5.38. The van der Waals surface area contributed by atoms with Gasteiger partial charge in [-0.3, -0.25) is 9.69 Å². The van der Waals surface area contributed by atoms with Gasteiger partial charge in [0, 0.05) is 31.7 Å². The monoisotopic (exact) mass is 287 g/mol. The summed E-state index contributed by atoms with van der Waals surface area (Å²) in [4.78, 5) is 14.1. The first-order valence-corrected chi connectivity index (χ1v) is 7.08. The fraction of sp³-hybridized carbons (Fsp3) is 0.438. The molecule has 112 valence electrons. The highest BCUT2D eigenvalue weighted by molar-refractivity contribution is 5.94. The summed E-state index contributed by atoms with van der Waals surface area (Å²) in [6.45, 7) is 4.40. The summed E-state index contributed by atoms with van der Waals surface area (Å²) < 4.78 is 5.33. The molecule has 0 aromatic heterocycles. The second kappa shape index (κ2) is 7.79. The molecule has 0 bridgehead atoms. The molecule has 1 fully saturated rings. The third-order valence-corrected chi connectivity index (χ3v) is 3.41. The van der Waals surface area contributed by atoms with Gasteiger partial charge in [-0.15, -0.1) is 12.3 Å². The Morgan fingerprint density at radius 2 is 2.05 bits per heavy atom. The molecule has 0 spiro atoms. The number of hydrogen-bond donors (Lipinski definition) is 2. The standard InChI is InChI=1S/C16H21N3O2/c1-2-3-15(17)16(20)18-14-6-4-13(5-7-14)12-19-8-10-21-11-9-19/h1,4-7,15H,3,8-12,17H2,(H,18,20). The number of morpholine rings is 1. The third-order valence-electron chi connectivity index (χ3n) is 3.41. The molecule has 21 heavy (non-hydrogen) atoms. The molecular weight excluding hydrogens is 266 g/mol. The number of ether oxygens (including phenoxy) is 1. The Labute approximate surface area is 125 Å². The molecule has 0 radical (unpaired) electrons. The van der Waals surface area contributed by atoms with Crippen molar-refractivity contribution in [3.05, 3.63) is 29.8 Å². The van der Waals surface area contributed by atoms with Gasteiger partial charge in [0.1, 0.15) is 0 Å². The second-order valence-electron chi connectivity index (χ2n) is 5.09. The molecule has 1 aliphatic heterocycles. The minimum atomic E-state index is -0.664. The number of nitrogens with two attached hydrogens (primary N) is 1. The number of anilines is 1. The summed E-state index contributed by atoms with van der Waals surface area (Å²) >= 11 is 0. The molecule has 1 amide bonds. The highest BCUT2D eigenvalue weighted by Gasteiger charge is 2.13. The maximum Gasteiger partial charge on any atom is 0.242 e. The molecular formula is C16H21N3O2. The first kappa shape index (κ1) is 15.5. The molecule has 3 N–H and O–H groups in total. The lowest BCUT2D eigenvalue weighted by Gasteiger charge is -2.26. The smallest absolute Gasteiger partial charge is 0.242 e. The van der Waals surface area contributed by atoms with Crippen LogP contribution in [0.15, 0.2) is 24.3 Å². The van der Waals surface area contributed by atoms with Crippen LogP contribution in [0, 0.1) is 12.3 Å². The molecule has 1 aromatic rings. The van der Waals surface area contributed by atoms with Gasteiger partial charge in [0.15, 0.2) is 0 Å². The lowest BCUT2D eigenvalue weighted by atomic mass is 10.1. The van der Waals surface area contributed by atoms with Crippen LogP contribution in [-0.4, -0.2) is 43.2 Å². The van der Waals surface area contributed by atoms with Gasteiger partial charge in [0.25, 0.3) is 0 Å². The molecule has 1 saturated heterocycles. The van der Waals surface area contributed by atoms with Crippen LogP contribution in [0.5, 0.6) is 0 Å². The van der Waals surface area contributed by atoms with E-state index in [1.54, 1.807) is 0 Å². The molecule has 1 aromatic carbocycles. The first-order valence-electron chi connectivity index (χ1n) is 7.08. The number of nitrogens with zero attached hydrogens (tertiary/aromatic N) is 1. The quantitative estimate of drug-likeness (QED) is 0.786. The number of carbonyl (C=O) groups is 1. The number of rotatable bonds is 5. The zero-order valence-electron chi connectivity index (χ0n) is 12.0. The van der Waals surface area contributed by atoms with E-state index in [4.69, 9.17) is 16.9 Å². The van der Waals surface area contributed by atoms with Crippen LogP contribution in [0.4, 0.5) is 5.69 Å². The Bertz CT molecular complexity index is 501. The predicted molar refractivity (Wildman–Crippen MR) is 82.6 cm³/mol. The number of amides is 1. The Kier molecular flexibility index (Phi) is 5.76. The molecule has 1 aliphatic rings. The molecule has 1 heterocycles. The number of carbonyl (C=O) groups excluding carboxylic acids is 1. The molecule has 5 heteroatoms. The SMILES string of the molecule is C#CCC(N)C(=O)Nc1ccc(CN2CCOCC2)cc1. The van der Waals surface area contributed by atoms with E-state index in [1.165, 1.54) is 5.56 Å². The average Bonchev–Trinajstić information content (AvgIpc) is 2.50. The highest BCUT2D eigenvalue weighted by Crippen LogP contribution is 2.12. The van der Waals surface area contributed by atoms with Crippen LogP contribution in [0.3, 0.4) is 0 Å². The molecule has 0 aliphatic carbocycles. The van der Waals surface area contributed by atoms with Crippen molar-refractivity contribution in [1.82, 2.24) is 4.90 Å². The van der Waals surface area contributed by atoms with Gasteiger partial charge < -0.3 is 15.8 Å². The Morgan fingerprint density at radius 3 is 2.67 bits per heavy atom. The third kappa shape index (κ3) is 4.87. The van der Waals surface area contributed by atoms with Gasteiger partial charge in [-0.1, -0.05) is 12.1 Å². The van der Waals surface area contributed by atoms with Gasteiger partial charge in [-0.05, 0) is 17.7 Å².